The van der Waals surface area contributed by atoms with Crippen LogP contribution in [0.1, 0.15) is 23.0 Å². The summed E-state index contributed by atoms with van der Waals surface area (Å²) in [6.07, 6.45) is 1.48. The molecule has 1 heterocycles. The van der Waals surface area contributed by atoms with Crippen LogP contribution in [0.3, 0.4) is 0 Å². The van der Waals surface area contributed by atoms with Crippen molar-refractivity contribution in [3.63, 3.8) is 0 Å². The summed E-state index contributed by atoms with van der Waals surface area (Å²) in [7, 11) is 1.63. The van der Waals surface area contributed by atoms with Gasteiger partial charge in [-0.25, -0.2) is 0 Å². The Bertz CT molecular complexity index is 534. The van der Waals surface area contributed by atoms with E-state index in [-0.39, 0.29) is 0 Å². The third kappa shape index (κ3) is 2.94. The molecule has 18 heavy (non-hydrogen) atoms. The first-order valence-corrected chi connectivity index (χ1v) is 6.45. The first-order chi connectivity index (χ1) is 8.60. The van der Waals surface area contributed by atoms with Crippen LogP contribution in [0.25, 0.3) is 0 Å². The molecule has 0 amide bonds. The molecule has 1 aromatic heterocycles. The maximum absolute atomic E-state index is 10.2. The second-order valence-electron chi connectivity index (χ2n) is 4.17. The predicted octanol–water partition coefficient (Wildman–Crippen LogP) is 3.64. The summed E-state index contributed by atoms with van der Waals surface area (Å²) in [5, 5.41) is 10.2. The van der Waals surface area contributed by atoms with Gasteiger partial charge in [0.25, 0.3) is 0 Å². The van der Waals surface area contributed by atoms with Crippen molar-refractivity contribution >= 4 is 15.9 Å². The van der Waals surface area contributed by atoms with Gasteiger partial charge in [-0.3, -0.25) is 0 Å². The molecule has 0 radical (unpaired) electrons. The van der Waals surface area contributed by atoms with E-state index >= 15 is 0 Å². The Balaban J connectivity index is 2.20. The number of rotatable bonds is 4. The number of aliphatic hydroxyl groups excluding tert-OH is 1. The minimum absolute atomic E-state index is 0.488. The van der Waals surface area contributed by atoms with Crippen LogP contribution in [0.4, 0.5) is 0 Å². The van der Waals surface area contributed by atoms with E-state index in [1.165, 1.54) is 0 Å². The zero-order valence-corrected chi connectivity index (χ0v) is 11.9. The molecule has 0 aliphatic heterocycles. The number of hydrogen-bond acceptors (Lipinski definition) is 3. The van der Waals surface area contributed by atoms with Gasteiger partial charge in [-0.05, 0) is 36.8 Å². The Morgan fingerprint density at radius 1 is 1.39 bits per heavy atom. The van der Waals surface area contributed by atoms with Gasteiger partial charge in [-0.2, -0.15) is 0 Å². The molecule has 1 unspecified atom stereocenters. The molecule has 2 aromatic rings. The molecule has 2 rings (SSSR count). The fraction of sp³-hybridized carbons (Fsp3) is 0.286. The average Bonchev–Trinajstić information content (AvgIpc) is 2.76. The van der Waals surface area contributed by atoms with E-state index < -0.39 is 6.10 Å². The SMILES string of the molecule is COc1ccc(Br)cc1CC(O)c1coc(C)c1. The molecule has 4 heteroatoms. The van der Waals surface area contributed by atoms with Crippen molar-refractivity contribution in [3.05, 3.63) is 51.9 Å². The molecule has 0 saturated carbocycles. The van der Waals surface area contributed by atoms with E-state index in [1.807, 2.05) is 31.2 Å². The van der Waals surface area contributed by atoms with Crippen LogP contribution in [0.2, 0.25) is 0 Å². The lowest BCUT2D eigenvalue weighted by molar-refractivity contribution is 0.176. The van der Waals surface area contributed by atoms with Gasteiger partial charge in [0.15, 0.2) is 0 Å². The molecule has 1 atom stereocenters. The normalized spacial score (nSPS) is 12.4. The van der Waals surface area contributed by atoms with Gasteiger partial charge >= 0.3 is 0 Å². The Hall–Kier alpha value is -1.26. The summed E-state index contributed by atoms with van der Waals surface area (Å²) in [6.45, 7) is 1.86. The lowest BCUT2D eigenvalue weighted by atomic mass is 10.0. The van der Waals surface area contributed by atoms with Crippen molar-refractivity contribution in [1.82, 2.24) is 0 Å². The van der Waals surface area contributed by atoms with Crippen LogP contribution in [0.5, 0.6) is 5.75 Å². The minimum Gasteiger partial charge on any atom is -0.496 e. The van der Waals surface area contributed by atoms with Gasteiger partial charge < -0.3 is 14.3 Å². The number of furan rings is 1. The van der Waals surface area contributed by atoms with Crippen molar-refractivity contribution in [2.24, 2.45) is 0 Å². The molecule has 96 valence electrons. The number of hydrogen-bond donors (Lipinski definition) is 1. The smallest absolute Gasteiger partial charge is 0.122 e. The van der Waals surface area contributed by atoms with Gasteiger partial charge in [0.2, 0.25) is 0 Å². The topological polar surface area (TPSA) is 42.6 Å². The number of halogens is 1. The maximum Gasteiger partial charge on any atom is 0.122 e. The second kappa shape index (κ2) is 5.59. The van der Waals surface area contributed by atoms with E-state index in [4.69, 9.17) is 9.15 Å². The van der Waals surface area contributed by atoms with E-state index in [9.17, 15) is 5.11 Å². The average molecular weight is 311 g/mol. The van der Waals surface area contributed by atoms with Crippen molar-refractivity contribution in [1.29, 1.82) is 0 Å². The van der Waals surface area contributed by atoms with Crippen molar-refractivity contribution in [2.75, 3.05) is 7.11 Å². The first kappa shape index (κ1) is 13.2. The van der Waals surface area contributed by atoms with Gasteiger partial charge in [-0.15, -0.1) is 0 Å². The van der Waals surface area contributed by atoms with Gasteiger partial charge in [0.1, 0.15) is 11.5 Å². The van der Waals surface area contributed by atoms with Crippen LogP contribution >= 0.6 is 15.9 Å². The number of aliphatic hydroxyl groups is 1. The second-order valence-corrected chi connectivity index (χ2v) is 5.08. The van der Waals surface area contributed by atoms with E-state index in [0.717, 1.165) is 27.1 Å². The quantitative estimate of drug-likeness (QED) is 0.937. The van der Waals surface area contributed by atoms with Crippen LogP contribution in [0.15, 0.2) is 39.4 Å². The Morgan fingerprint density at radius 3 is 2.78 bits per heavy atom. The number of benzene rings is 1. The number of ether oxygens (including phenoxy) is 1. The van der Waals surface area contributed by atoms with Crippen LogP contribution in [-0.4, -0.2) is 12.2 Å². The molecular formula is C14H15BrO3. The van der Waals surface area contributed by atoms with Crippen molar-refractivity contribution in [3.8, 4) is 5.75 Å². The molecule has 0 bridgehead atoms. The summed E-state index contributed by atoms with van der Waals surface area (Å²) in [4.78, 5) is 0. The van der Waals surface area contributed by atoms with Gasteiger partial charge in [-0.1, -0.05) is 15.9 Å². The number of methoxy groups -OCH3 is 1. The van der Waals surface area contributed by atoms with Crippen LogP contribution in [-0.2, 0) is 6.42 Å². The summed E-state index contributed by atoms with van der Waals surface area (Å²) < 4.78 is 11.5. The summed E-state index contributed by atoms with van der Waals surface area (Å²) >= 11 is 3.42. The maximum atomic E-state index is 10.2. The van der Waals surface area contributed by atoms with Crippen molar-refractivity contribution < 1.29 is 14.3 Å². The Morgan fingerprint density at radius 2 is 2.17 bits per heavy atom. The third-order valence-electron chi connectivity index (χ3n) is 2.79. The minimum atomic E-state index is -0.592. The highest BCUT2D eigenvalue weighted by Gasteiger charge is 2.14. The molecule has 3 nitrogen and oxygen atoms in total. The first-order valence-electron chi connectivity index (χ1n) is 5.65. The highest BCUT2D eigenvalue weighted by molar-refractivity contribution is 9.10. The van der Waals surface area contributed by atoms with Gasteiger partial charge in [0, 0.05) is 16.5 Å². The highest BCUT2D eigenvalue weighted by Crippen LogP contribution is 2.28. The standard InChI is InChI=1S/C14H15BrO3/c1-9-5-11(8-18-9)13(16)7-10-6-12(15)3-4-14(10)17-2/h3-6,8,13,16H,7H2,1-2H3. The van der Waals surface area contributed by atoms with Crippen molar-refractivity contribution in [2.45, 2.75) is 19.4 Å². The summed E-state index contributed by atoms with van der Waals surface area (Å²) in [5.41, 5.74) is 1.74. The molecule has 1 N–H and O–H groups in total. The van der Waals surface area contributed by atoms with Crippen LogP contribution < -0.4 is 4.74 Å². The Labute approximate surface area is 115 Å². The summed E-state index contributed by atoms with van der Waals surface area (Å²) in [6, 6.07) is 7.59. The lowest BCUT2D eigenvalue weighted by Crippen LogP contribution is -2.02. The largest absolute Gasteiger partial charge is 0.496 e. The highest BCUT2D eigenvalue weighted by atomic mass is 79.9. The molecule has 0 saturated heterocycles. The predicted molar refractivity (Wildman–Crippen MR) is 72.8 cm³/mol. The fourth-order valence-corrected chi connectivity index (χ4v) is 2.28. The molecule has 0 spiro atoms. The molecule has 1 aromatic carbocycles. The number of aryl methyl sites for hydroxylation is 1. The molecule has 0 aliphatic carbocycles. The summed E-state index contributed by atoms with van der Waals surface area (Å²) in [5.74, 6) is 1.57. The van der Waals surface area contributed by atoms with Gasteiger partial charge in [0.05, 0.1) is 19.5 Å². The fourth-order valence-electron chi connectivity index (χ4n) is 1.87. The van der Waals surface area contributed by atoms with E-state index in [2.05, 4.69) is 15.9 Å². The molecule has 0 aliphatic rings. The zero-order valence-electron chi connectivity index (χ0n) is 10.3. The monoisotopic (exact) mass is 310 g/mol. The third-order valence-corrected chi connectivity index (χ3v) is 3.28. The Kier molecular flexibility index (Phi) is 4.09. The van der Waals surface area contributed by atoms with Crippen LogP contribution in [0, 0.1) is 6.92 Å². The lowest BCUT2D eigenvalue weighted by Gasteiger charge is -2.12. The molecule has 0 fully saturated rings. The van der Waals surface area contributed by atoms with E-state index in [0.29, 0.717) is 6.42 Å². The molecular weight excluding hydrogens is 296 g/mol. The zero-order chi connectivity index (χ0) is 13.1. The van der Waals surface area contributed by atoms with E-state index in [1.54, 1.807) is 13.4 Å².